The van der Waals surface area contributed by atoms with Crippen LogP contribution >= 0.6 is 11.6 Å². The minimum absolute atomic E-state index is 0. The van der Waals surface area contributed by atoms with Crippen molar-refractivity contribution in [3.63, 3.8) is 0 Å². The molecule has 0 saturated carbocycles. The van der Waals surface area contributed by atoms with Gasteiger partial charge >= 0.3 is 0 Å². The largest absolute Gasteiger partial charge is 1.00 e. The third-order valence-corrected chi connectivity index (χ3v) is 5.60. The summed E-state index contributed by atoms with van der Waals surface area (Å²) in [5, 5.41) is 19.5. The van der Waals surface area contributed by atoms with Crippen LogP contribution in [0.25, 0.3) is 0 Å². The fourth-order valence-corrected chi connectivity index (χ4v) is 3.67. The molecule has 7 heteroatoms. The Morgan fingerprint density at radius 3 is 2.09 bits per heavy atom. The minimum atomic E-state index is 0. The Morgan fingerprint density at radius 1 is 0.848 bits per heavy atom. The quantitative estimate of drug-likeness (QED) is 0.160. The molecule has 2 aromatic rings. The first-order chi connectivity index (χ1) is 15.4. The summed E-state index contributed by atoms with van der Waals surface area (Å²) >= 11 is 5.91. The van der Waals surface area contributed by atoms with Gasteiger partial charge < -0.3 is 26.7 Å². The van der Waals surface area contributed by atoms with Crippen molar-refractivity contribution in [2.24, 2.45) is 10.2 Å². The number of rotatable bonds is 15. The third kappa shape index (κ3) is 12.4. The molecule has 0 atom stereocenters. The van der Waals surface area contributed by atoms with Gasteiger partial charge in [0.05, 0.1) is 37.6 Å². The van der Waals surface area contributed by atoms with Crippen LogP contribution in [-0.4, -0.2) is 37.0 Å². The molecule has 0 spiro atoms. The van der Waals surface area contributed by atoms with Crippen LogP contribution in [0.1, 0.15) is 63.9 Å². The van der Waals surface area contributed by atoms with Gasteiger partial charge in [-0.1, -0.05) is 63.5 Å². The van der Waals surface area contributed by atoms with E-state index in [0.29, 0.717) is 28.5 Å². The average molecular weight is 497 g/mol. The predicted octanol–water partition coefficient (Wildman–Crippen LogP) is 5.16. The monoisotopic (exact) mass is 495 g/mol. The van der Waals surface area contributed by atoms with Crippen LogP contribution in [-0.2, 0) is 11.3 Å². The number of nitrogens with zero attached hydrogens (tertiary/aromatic N) is 3. The maximum atomic E-state index is 10.3. The van der Waals surface area contributed by atoms with E-state index in [1.807, 2.05) is 18.2 Å². The SMILES string of the molecule is CCCCCCCCCCOC[N+](C)(C)Cc1cc(N=Nc2ccc(Cl)cc2)ccc1O.[Cl-]. The lowest BCUT2D eigenvalue weighted by Gasteiger charge is -2.29. The van der Waals surface area contributed by atoms with E-state index in [-0.39, 0.29) is 18.2 Å². The Kier molecular flexibility index (Phi) is 14.3. The molecule has 0 fully saturated rings. The fraction of sp³-hybridized carbons (Fsp3) is 0.538. The van der Waals surface area contributed by atoms with Gasteiger partial charge in [-0.25, -0.2) is 0 Å². The van der Waals surface area contributed by atoms with Gasteiger partial charge in [0.1, 0.15) is 12.3 Å². The lowest BCUT2D eigenvalue weighted by molar-refractivity contribution is -0.922. The second-order valence-electron chi connectivity index (χ2n) is 9.10. The summed E-state index contributed by atoms with van der Waals surface area (Å²) in [7, 11) is 4.21. The van der Waals surface area contributed by atoms with Gasteiger partial charge in [-0.2, -0.15) is 10.2 Å². The van der Waals surface area contributed by atoms with Crippen LogP contribution in [0.3, 0.4) is 0 Å². The minimum Gasteiger partial charge on any atom is -1.00 e. The Morgan fingerprint density at radius 2 is 1.42 bits per heavy atom. The van der Waals surface area contributed by atoms with Gasteiger partial charge in [0, 0.05) is 5.02 Å². The molecular weight excluding hydrogens is 457 g/mol. The highest BCUT2D eigenvalue weighted by Gasteiger charge is 2.18. The molecule has 0 aromatic heterocycles. The number of phenols is 1. The molecule has 1 N–H and O–H groups in total. The highest BCUT2D eigenvalue weighted by atomic mass is 35.5. The van der Waals surface area contributed by atoms with E-state index in [9.17, 15) is 5.11 Å². The number of unbranched alkanes of at least 4 members (excludes halogenated alkanes) is 7. The van der Waals surface area contributed by atoms with Gasteiger partial charge in [0.2, 0.25) is 0 Å². The number of aromatic hydroxyl groups is 1. The van der Waals surface area contributed by atoms with E-state index >= 15 is 0 Å². The summed E-state index contributed by atoms with van der Waals surface area (Å²) in [5.41, 5.74) is 2.26. The zero-order valence-corrected chi connectivity index (χ0v) is 21.8. The molecule has 0 aliphatic rings. The maximum Gasteiger partial charge on any atom is 0.182 e. The molecule has 0 amide bonds. The first kappa shape index (κ1) is 29.4. The smallest absolute Gasteiger partial charge is 0.182 e. The number of azo groups is 1. The fourth-order valence-electron chi connectivity index (χ4n) is 3.54. The van der Waals surface area contributed by atoms with Crippen molar-refractivity contribution in [2.75, 3.05) is 27.4 Å². The van der Waals surface area contributed by atoms with E-state index in [0.717, 1.165) is 24.3 Å². The summed E-state index contributed by atoms with van der Waals surface area (Å²) in [5.74, 6) is 0.268. The van der Waals surface area contributed by atoms with Gasteiger partial charge in [-0.3, -0.25) is 0 Å². The van der Waals surface area contributed by atoms with Crippen molar-refractivity contribution < 1.29 is 26.7 Å². The van der Waals surface area contributed by atoms with E-state index in [4.69, 9.17) is 16.3 Å². The molecule has 0 aliphatic heterocycles. The first-order valence-electron chi connectivity index (χ1n) is 11.8. The van der Waals surface area contributed by atoms with Crippen molar-refractivity contribution in [2.45, 2.75) is 64.8 Å². The number of benzene rings is 2. The molecule has 2 rings (SSSR count). The van der Waals surface area contributed by atoms with Gasteiger partial charge in [-0.15, -0.1) is 0 Å². The Bertz CT molecular complexity index is 827. The van der Waals surface area contributed by atoms with Crippen molar-refractivity contribution in [1.29, 1.82) is 0 Å². The molecule has 0 radical (unpaired) electrons. The molecule has 0 bridgehead atoms. The molecule has 33 heavy (non-hydrogen) atoms. The number of hydrogen-bond donors (Lipinski definition) is 1. The standard InChI is InChI=1S/C26H38ClN3O2.ClH/c1-4-5-6-7-8-9-10-11-18-32-21-30(2,3)20-22-19-25(16-17-26(22)31)29-28-24-14-12-23(27)13-15-24;/h12-17,19H,4-11,18,20-21H2,1-3H3;1H. The highest BCUT2D eigenvalue weighted by Crippen LogP contribution is 2.27. The number of halogens is 2. The van der Waals surface area contributed by atoms with Crippen LogP contribution in [0, 0.1) is 0 Å². The van der Waals surface area contributed by atoms with E-state index < -0.39 is 0 Å². The molecule has 0 aliphatic carbocycles. The lowest BCUT2D eigenvalue weighted by Crippen LogP contribution is -3.00. The van der Waals surface area contributed by atoms with E-state index in [1.165, 1.54) is 44.9 Å². The number of quaternary nitrogens is 1. The van der Waals surface area contributed by atoms with Crippen molar-refractivity contribution in [3.8, 4) is 5.75 Å². The summed E-state index contributed by atoms with van der Waals surface area (Å²) in [4.78, 5) is 0. The average Bonchev–Trinajstić information content (AvgIpc) is 2.76. The molecule has 2 aromatic carbocycles. The van der Waals surface area contributed by atoms with Gasteiger partial charge in [-0.05, 0) is 48.9 Å². The first-order valence-corrected chi connectivity index (χ1v) is 12.2. The summed E-state index contributed by atoms with van der Waals surface area (Å²) in [6.07, 6.45) is 10.4. The van der Waals surface area contributed by atoms with Crippen molar-refractivity contribution in [3.05, 3.63) is 53.1 Å². The summed E-state index contributed by atoms with van der Waals surface area (Å²) in [6, 6.07) is 12.5. The second kappa shape index (κ2) is 16.0. The zero-order chi connectivity index (χ0) is 23.2. The Labute approximate surface area is 210 Å². The second-order valence-corrected chi connectivity index (χ2v) is 9.53. The van der Waals surface area contributed by atoms with Crippen LogP contribution in [0.2, 0.25) is 5.02 Å². The van der Waals surface area contributed by atoms with Crippen LogP contribution in [0.5, 0.6) is 5.75 Å². The maximum absolute atomic E-state index is 10.3. The Hall–Kier alpha value is -1.66. The van der Waals surface area contributed by atoms with Crippen LogP contribution in [0.15, 0.2) is 52.7 Å². The van der Waals surface area contributed by atoms with Crippen LogP contribution in [0.4, 0.5) is 11.4 Å². The predicted molar refractivity (Wildman–Crippen MR) is 133 cm³/mol. The normalized spacial score (nSPS) is 11.6. The number of phenolic OH excluding ortho intramolecular Hbond substituents is 1. The summed E-state index contributed by atoms with van der Waals surface area (Å²) in [6.45, 7) is 4.29. The molecule has 0 unspecified atom stereocenters. The van der Waals surface area contributed by atoms with Crippen molar-refractivity contribution >= 4 is 23.0 Å². The highest BCUT2D eigenvalue weighted by molar-refractivity contribution is 6.30. The summed E-state index contributed by atoms with van der Waals surface area (Å²) < 4.78 is 6.57. The van der Waals surface area contributed by atoms with E-state index in [1.54, 1.807) is 24.3 Å². The van der Waals surface area contributed by atoms with Gasteiger partial charge in [0.15, 0.2) is 6.73 Å². The zero-order valence-electron chi connectivity index (χ0n) is 20.3. The van der Waals surface area contributed by atoms with E-state index in [2.05, 4.69) is 31.2 Å². The van der Waals surface area contributed by atoms with Gasteiger partial charge in [0.25, 0.3) is 0 Å². The van der Waals surface area contributed by atoms with Crippen LogP contribution < -0.4 is 12.4 Å². The topological polar surface area (TPSA) is 54.2 Å². The third-order valence-electron chi connectivity index (χ3n) is 5.35. The molecular formula is C26H39Cl2N3O2. The lowest BCUT2D eigenvalue weighted by atomic mass is 10.1. The number of ether oxygens (including phenoxy) is 1. The Balaban J connectivity index is 0.00000544. The molecule has 0 saturated heterocycles. The molecule has 5 nitrogen and oxygen atoms in total. The molecule has 0 heterocycles. The van der Waals surface area contributed by atoms with Crippen molar-refractivity contribution in [1.82, 2.24) is 0 Å². The molecule has 184 valence electrons. The number of hydrogen-bond acceptors (Lipinski definition) is 4.